The lowest BCUT2D eigenvalue weighted by Crippen LogP contribution is -2.39. The zero-order chi connectivity index (χ0) is 43.0. The number of nitrogens with one attached hydrogen (secondary N) is 1. The van der Waals surface area contributed by atoms with E-state index in [2.05, 4.69) is 34.6 Å². The zero-order valence-electron chi connectivity index (χ0n) is 29.8. The molecule has 0 unspecified atom stereocenters. The highest BCUT2D eigenvalue weighted by Gasteiger charge is 2.47. The van der Waals surface area contributed by atoms with Crippen LogP contribution in [0.5, 0.6) is 0 Å². The van der Waals surface area contributed by atoms with Crippen molar-refractivity contribution in [1.82, 2.24) is 35.5 Å². The Bertz CT molecular complexity index is 2300. The van der Waals surface area contributed by atoms with Crippen molar-refractivity contribution in [3.05, 3.63) is 119 Å². The summed E-state index contributed by atoms with van der Waals surface area (Å²) in [5.41, 5.74) is -1.35. The number of carbonyl (C=O) groups excluding carboxylic acids is 2. The second-order valence-corrected chi connectivity index (χ2v) is 13.9. The van der Waals surface area contributed by atoms with Crippen LogP contribution in [-0.2, 0) is 47.0 Å². The van der Waals surface area contributed by atoms with Gasteiger partial charge in [0.2, 0.25) is 0 Å². The Labute approximate surface area is 324 Å². The molecule has 2 aliphatic carbocycles. The Morgan fingerprint density at radius 2 is 1.08 bits per heavy atom. The normalized spacial score (nSPS) is 15.8. The summed E-state index contributed by atoms with van der Waals surface area (Å²) in [6.45, 7) is -0.866. The number of hydrogen-bond acceptors (Lipinski definition) is 9. The fourth-order valence-electron chi connectivity index (χ4n) is 6.06. The van der Waals surface area contributed by atoms with Crippen LogP contribution in [-0.4, -0.2) is 54.5 Å². The first kappa shape index (κ1) is 42.6. The smallest absolute Gasteiger partial charge is 0.413 e. The van der Waals surface area contributed by atoms with E-state index < -0.39 is 70.8 Å². The molecule has 3 heterocycles. The lowest BCUT2D eigenvalue weighted by molar-refractivity contribution is -0.173. The summed E-state index contributed by atoms with van der Waals surface area (Å²) in [5.74, 6) is -4.23. The van der Waals surface area contributed by atoms with Gasteiger partial charge in [-0.25, -0.2) is 19.9 Å². The minimum atomic E-state index is -5.09. The van der Waals surface area contributed by atoms with Crippen LogP contribution in [0.4, 0.5) is 52.7 Å². The average Bonchev–Trinajstić information content (AvgIpc) is 4.09. The molecule has 2 aliphatic rings. The third-order valence-electron chi connectivity index (χ3n) is 9.62. The maximum Gasteiger partial charge on any atom is 0.471 e. The predicted octanol–water partition coefficient (Wildman–Crippen LogP) is 8.47. The predicted molar refractivity (Wildman–Crippen MR) is 178 cm³/mol. The molecule has 0 atom stereocenters. The number of hydrogen-bond donors (Lipinski definition) is 1. The molecule has 5 aromatic rings. The summed E-state index contributed by atoms with van der Waals surface area (Å²) >= 11 is 0. The van der Waals surface area contributed by atoms with E-state index in [-0.39, 0.29) is 23.4 Å². The molecule has 2 saturated carbocycles. The minimum Gasteiger partial charge on any atom is -0.413 e. The Kier molecular flexibility index (Phi) is 11.3. The van der Waals surface area contributed by atoms with Crippen molar-refractivity contribution in [2.24, 2.45) is 0 Å². The maximum absolute atomic E-state index is 13.0. The Hall–Kier alpha value is -5.96. The van der Waals surface area contributed by atoms with Crippen molar-refractivity contribution < 1.29 is 66.7 Å². The van der Waals surface area contributed by atoms with Crippen LogP contribution in [0, 0.1) is 0 Å². The molecule has 59 heavy (non-hydrogen) atoms. The number of rotatable bonds is 10. The van der Waals surface area contributed by atoms with Crippen LogP contribution >= 0.6 is 0 Å². The molecule has 2 aromatic carbocycles. The third-order valence-corrected chi connectivity index (χ3v) is 9.62. The van der Waals surface area contributed by atoms with Gasteiger partial charge in [-0.3, -0.25) is 9.59 Å². The lowest BCUT2D eigenvalue weighted by atomic mass is 9.90. The summed E-state index contributed by atoms with van der Waals surface area (Å²) in [6, 6.07) is 10.2. The Balaban J connectivity index is 0.000000198. The molecule has 22 heteroatoms. The van der Waals surface area contributed by atoms with Crippen molar-refractivity contribution in [3.63, 3.8) is 0 Å². The van der Waals surface area contributed by atoms with Crippen molar-refractivity contribution >= 4 is 11.7 Å². The number of amides is 1. The molecule has 7 rings (SSSR count). The topological polar surface area (TPSA) is 137 Å². The maximum atomic E-state index is 13.0. The average molecular weight is 846 g/mol. The van der Waals surface area contributed by atoms with Gasteiger partial charge in [-0.05, 0) is 48.9 Å². The van der Waals surface area contributed by atoms with Crippen molar-refractivity contribution in [1.29, 1.82) is 0 Å². The van der Waals surface area contributed by atoms with Crippen LogP contribution in [0.15, 0.2) is 77.7 Å². The van der Waals surface area contributed by atoms with Gasteiger partial charge in [0.05, 0.1) is 28.8 Å². The number of halogens is 12. The van der Waals surface area contributed by atoms with Crippen LogP contribution in [0.25, 0.3) is 11.5 Å². The monoisotopic (exact) mass is 845 g/mol. The van der Waals surface area contributed by atoms with E-state index in [4.69, 9.17) is 0 Å². The van der Waals surface area contributed by atoms with E-state index in [9.17, 15) is 62.3 Å². The van der Waals surface area contributed by atoms with Gasteiger partial charge in [-0.2, -0.15) is 52.7 Å². The molecule has 0 bridgehead atoms. The van der Waals surface area contributed by atoms with Crippen LogP contribution in [0.3, 0.4) is 0 Å². The van der Waals surface area contributed by atoms with E-state index in [0.717, 1.165) is 36.7 Å². The Morgan fingerprint density at radius 3 is 1.47 bits per heavy atom. The largest absolute Gasteiger partial charge is 0.471 e. The molecule has 312 valence electrons. The minimum absolute atomic E-state index is 0.0925. The standard InChI is InChI=1S/C19H15F6N3O2.C18H12F6N4O/c20-18(21,22)13-3-1-2-12(6-13)17(4-5-17)7-15-26-8-11(9-27-15)14(29)10-28-16(30)19(23,24)25;19-17(20,21)12-3-1-2-11(6-12)16(4-5-16)7-13-25-8-10(9-26-13)14-27-28-15(29-14)18(22,23)24/h1-3,6,8-9H,4-5,7,10H2,(H,28,30);1-3,6,8-9H,4-5,7H2. The number of aromatic nitrogens is 6. The highest BCUT2D eigenvalue weighted by atomic mass is 19.4. The molecule has 0 saturated heterocycles. The SMILES string of the molecule is FC(F)(F)c1cccc(C2(Cc3ncc(-c4nnc(C(F)(F)F)o4)cn3)CC2)c1.O=C(CNC(=O)C(F)(F)F)c1cnc(CC2(c3cccc(C(F)(F)F)c3)CC2)nc1. The fraction of sp³-hybridized carbons (Fsp3) is 0.351. The molecule has 2 fully saturated rings. The second kappa shape index (κ2) is 15.7. The molecule has 0 spiro atoms. The summed E-state index contributed by atoms with van der Waals surface area (Å²) in [4.78, 5) is 38.8. The van der Waals surface area contributed by atoms with Gasteiger partial charge in [0, 0.05) is 48.5 Å². The Morgan fingerprint density at radius 1 is 0.627 bits per heavy atom. The van der Waals surface area contributed by atoms with E-state index >= 15 is 0 Å². The van der Waals surface area contributed by atoms with Crippen molar-refractivity contribution in [2.45, 2.75) is 74.1 Å². The molecule has 0 aliphatic heterocycles. The highest BCUT2D eigenvalue weighted by molar-refractivity contribution is 5.99. The zero-order valence-corrected chi connectivity index (χ0v) is 29.8. The summed E-state index contributed by atoms with van der Waals surface area (Å²) in [7, 11) is 0. The molecular weight excluding hydrogens is 818 g/mol. The number of alkyl halides is 12. The quantitative estimate of drug-likeness (QED) is 0.108. The molecule has 1 N–H and O–H groups in total. The first-order valence-corrected chi connectivity index (χ1v) is 17.2. The van der Waals surface area contributed by atoms with E-state index in [0.29, 0.717) is 54.9 Å². The lowest BCUT2D eigenvalue weighted by Gasteiger charge is -2.17. The summed E-state index contributed by atoms with van der Waals surface area (Å²) in [6.07, 6.45) is -10.7. The van der Waals surface area contributed by atoms with Gasteiger partial charge >= 0.3 is 36.5 Å². The van der Waals surface area contributed by atoms with Gasteiger partial charge in [-0.15, -0.1) is 10.2 Å². The van der Waals surface area contributed by atoms with E-state index in [1.807, 2.05) is 0 Å². The van der Waals surface area contributed by atoms with Crippen molar-refractivity contribution in [3.8, 4) is 11.5 Å². The number of carbonyl (C=O) groups is 2. The number of Topliss-reactive ketones (excluding diaryl/α,β-unsaturated/α-hetero) is 1. The first-order chi connectivity index (χ1) is 27.5. The molecule has 0 radical (unpaired) electrons. The second-order valence-electron chi connectivity index (χ2n) is 13.9. The van der Waals surface area contributed by atoms with Gasteiger partial charge in [0.1, 0.15) is 11.6 Å². The van der Waals surface area contributed by atoms with Crippen molar-refractivity contribution in [2.75, 3.05) is 6.54 Å². The number of ketones is 1. The number of nitrogens with zero attached hydrogens (tertiary/aromatic N) is 6. The third kappa shape index (κ3) is 10.4. The van der Waals surface area contributed by atoms with Gasteiger partial charge < -0.3 is 9.73 Å². The fourth-order valence-corrected chi connectivity index (χ4v) is 6.06. The highest BCUT2D eigenvalue weighted by Crippen LogP contribution is 2.52. The van der Waals surface area contributed by atoms with E-state index in [1.165, 1.54) is 29.8 Å². The van der Waals surface area contributed by atoms with Crippen LogP contribution in [0.2, 0.25) is 0 Å². The van der Waals surface area contributed by atoms with Gasteiger partial charge in [0.15, 0.2) is 5.78 Å². The first-order valence-electron chi connectivity index (χ1n) is 17.2. The van der Waals surface area contributed by atoms with Gasteiger partial charge in [0.25, 0.3) is 5.89 Å². The van der Waals surface area contributed by atoms with Crippen LogP contribution < -0.4 is 5.32 Å². The van der Waals surface area contributed by atoms with E-state index in [1.54, 1.807) is 12.1 Å². The van der Waals surface area contributed by atoms with Gasteiger partial charge in [-0.1, -0.05) is 36.4 Å². The summed E-state index contributed by atoms with van der Waals surface area (Å²) in [5, 5.41) is 7.72. The van der Waals surface area contributed by atoms with Crippen LogP contribution in [0.1, 0.15) is 75.8 Å². The molecule has 10 nitrogen and oxygen atoms in total. The molecule has 3 aromatic heterocycles. The number of benzene rings is 2. The molecular formula is C37H27F12N7O3. The summed E-state index contributed by atoms with van der Waals surface area (Å²) < 4.78 is 156. The molecule has 1 amide bonds.